The van der Waals surface area contributed by atoms with Crippen molar-refractivity contribution in [1.29, 1.82) is 0 Å². The van der Waals surface area contributed by atoms with Crippen LogP contribution in [0, 0.1) is 0 Å². The molecule has 0 aliphatic heterocycles. The molecule has 0 amide bonds. The average molecular weight is 465 g/mol. The summed E-state index contributed by atoms with van der Waals surface area (Å²) in [6.45, 7) is 9.69. The van der Waals surface area contributed by atoms with Gasteiger partial charge in [-0.3, -0.25) is 0 Å². The summed E-state index contributed by atoms with van der Waals surface area (Å²) >= 11 is 11.5. The summed E-state index contributed by atoms with van der Waals surface area (Å²) < 4.78 is 32.9. The number of rotatable bonds is 22. The summed E-state index contributed by atoms with van der Waals surface area (Å²) in [4.78, 5) is 0. The quantitative estimate of drug-likeness (QED) is 0.144. The highest BCUT2D eigenvalue weighted by Gasteiger charge is 2.05. The van der Waals surface area contributed by atoms with Crippen molar-refractivity contribution in [3.8, 4) is 0 Å². The molecule has 0 N–H and O–H groups in total. The molecule has 164 valence electrons. The second-order valence-electron chi connectivity index (χ2n) is 5.22. The van der Waals surface area contributed by atoms with Crippen LogP contribution in [0.5, 0.6) is 0 Å². The monoisotopic (exact) mass is 464 g/mol. The lowest BCUT2D eigenvalue weighted by atomic mass is 10.7. The molecule has 0 bridgehead atoms. The zero-order valence-electron chi connectivity index (χ0n) is 16.5. The number of thioether (sulfide) groups is 2. The minimum Gasteiger partial charge on any atom is -0.378 e. The Morgan fingerprint density at radius 2 is 1.07 bits per heavy atom. The molecule has 0 radical (unpaired) electrons. The van der Waals surface area contributed by atoms with Crippen molar-refractivity contribution in [1.82, 2.24) is 0 Å². The third-order valence-electron chi connectivity index (χ3n) is 2.97. The molecule has 6 nitrogen and oxygen atoms in total. The van der Waals surface area contributed by atoms with Gasteiger partial charge < -0.3 is 28.4 Å². The summed E-state index contributed by atoms with van der Waals surface area (Å²) in [6.07, 6.45) is 0. The van der Waals surface area contributed by atoms with Gasteiger partial charge in [-0.05, 0) is 13.8 Å². The molecule has 0 fully saturated rings. The van der Waals surface area contributed by atoms with Crippen LogP contribution in [0.1, 0.15) is 13.8 Å². The van der Waals surface area contributed by atoms with Crippen molar-refractivity contribution in [3.63, 3.8) is 0 Å². The first-order valence-electron chi connectivity index (χ1n) is 9.19. The Kier molecular flexibility index (Phi) is 24.4. The first kappa shape index (κ1) is 28.2. The van der Waals surface area contributed by atoms with Crippen LogP contribution in [-0.4, -0.2) is 93.5 Å². The van der Waals surface area contributed by atoms with E-state index in [0.717, 1.165) is 17.3 Å². The smallest absolute Gasteiger partial charge is 0.102 e. The van der Waals surface area contributed by atoms with E-state index in [4.69, 9.17) is 28.4 Å². The molecule has 0 rings (SSSR count). The summed E-state index contributed by atoms with van der Waals surface area (Å²) in [7, 11) is 0. The van der Waals surface area contributed by atoms with Crippen molar-refractivity contribution in [2.24, 2.45) is 0 Å². The van der Waals surface area contributed by atoms with Gasteiger partial charge in [-0.25, -0.2) is 0 Å². The van der Waals surface area contributed by atoms with Gasteiger partial charge >= 0.3 is 0 Å². The van der Waals surface area contributed by atoms with Crippen molar-refractivity contribution in [3.05, 3.63) is 0 Å². The van der Waals surface area contributed by atoms with Gasteiger partial charge in [0.25, 0.3) is 0 Å². The fraction of sp³-hybridized carbons (Fsp3) is 1.00. The van der Waals surface area contributed by atoms with E-state index >= 15 is 0 Å². The molecule has 2 atom stereocenters. The molecular weight excluding hydrogens is 428 g/mol. The van der Waals surface area contributed by atoms with E-state index in [1.54, 1.807) is 23.5 Å². The third-order valence-corrected chi connectivity index (χ3v) is 5.25. The first-order chi connectivity index (χ1) is 13.2. The maximum absolute atomic E-state index is 5.72. The molecule has 0 spiro atoms. The molecule has 0 aliphatic rings. The predicted molar refractivity (Wildman–Crippen MR) is 122 cm³/mol. The lowest BCUT2D eigenvalue weighted by molar-refractivity contribution is 0.0355. The second kappa shape index (κ2) is 23.4. The van der Waals surface area contributed by atoms with Crippen LogP contribution in [0.4, 0.5) is 0 Å². The minimum absolute atomic E-state index is 0.0769. The van der Waals surface area contributed by atoms with Crippen molar-refractivity contribution < 1.29 is 28.4 Å². The van der Waals surface area contributed by atoms with E-state index < -0.39 is 0 Å². The molecular formula is C17H36O6S4. The Labute approximate surface area is 184 Å². The lowest BCUT2D eigenvalue weighted by Crippen LogP contribution is -2.15. The molecule has 10 heteroatoms. The molecule has 0 saturated carbocycles. The fourth-order valence-corrected chi connectivity index (χ4v) is 3.27. The summed E-state index contributed by atoms with van der Waals surface area (Å²) in [5.74, 6) is 2.97. The zero-order chi connectivity index (χ0) is 20.0. The van der Waals surface area contributed by atoms with E-state index in [0.29, 0.717) is 65.4 Å². The van der Waals surface area contributed by atoms with E-state index in [9.17, 15) is 0 Å². The largest absolute Gasteiger partial charge is 0.378 e. The Morgan fingerprint density at radius 1 is 0.593 bits per heavy atom. The van der Waals surface area contributed by atoms with Crippen molar-refractivity contribution in [2.45, 2.75) is 24.7 Å². The highest BCUT2D eigenvalue weighted by Crippen LogP contribution is 2.13. The zero-order valence-corrected chi connectivity index (χ0v) is 19.9. The van der Waals surface area contributed by atoms with E-state index in [-0.39, 0.29) is 10.9 Å². The molecule has 0 aromatic carbocycles. The normalized spacial score (nSPS) is 13.8. The number of hydrogen-bond donors (Lipinski definition) is 2. The topological polar surface area (TPSA) is 55.4 Å². The Balaban J connectivity index is 3.28. The van der Waals surface area contributed by atoms with Crippen LogP contribution in [0.3, 0.4) is 0 Å². The van der Waals surface area contributed by atoms with Gasteiger partial charge in [-0.2, -0.15) is 25.3 Å². The first-order valence-corrected chi connectivity index (χ1v) is 12.6. The summed E-state index contributed by atoms with van der Waals surface area (Å²) in [6, 6.07) is 0. The Hall–Kier alpha value is 1.16. The van der Waals surface area contributed by atoms with E-state index in [1.165, 1.54) is 0 Å². The van der Waals surface area contributed by atoms with Crippen molar-refractivity contribution >= 4 is 48.8 Å². The van der Waals surface area contributed by atoms with Gasteiger partial charge in [0.05, 0.1) is 65.4 Å². The van der Waals surface area contributed by atoms with Gasteiger partial charge in [0.15, 0.2) is 0 Å². The van der Waals surface area contributed by atoms with Crippen LogP contribution in [0.2, 0.25) is 0 Å². The predicted octanol–water partition coefficient (Wildman–Crippen LogP) is 3.06. The van der Waals surface area contributed by atoms with Gasteiger partial charge in [-0.15, -0.1) is 23.5 Å². The van der Waals surface area contributed by atoms with Gasteiger partial charge in [0, 0.05) is 17.3 Å². The molecule has 2 unspecified atom stereocenters. The van der Waals surface area contributed by atoms with Gasteiger partial charge in [0.2, 0.25) is 0 Å². The van der Waals surface area contributed by atoms with E-state index in [2.05, 4.69) is 25.3 Å². The third kappa shape index (κ3) is 23.3. The van der Waals surface area contributed by atoms with Crippen LogP contribution < -0.4 is 0 Å². The molecule has 0 aromatic heterocycles. The standard InChI is InChI=1S/C17H36O6S4/c1-16(26-14-11-20-4-3-18-9-12-24)22-7-8-23-17(2)27-15-21-6-5-19-10-13-25/h16-17,24-25H,3-15H2,1-2H3. The minimum atomic E-state index is 0.0769. The highest BCUT2D eigenvalue weighted by atomic mass is 32.2. The lowest BCUT2D eigenvalue weighted by Gasteiger charge is -2.15. The summed E-state index contributed by atoms with van der Waals surface area (Å²) in [5, 5.41) is 0. The van der Waals surface area contributed by atoms with Crippen LogP contribution >= 0.6 is 48.8 Å². The fourth-order valence-electron chi connectivity index (χ4n) is 1.67. The van der Waals surface area contributed by atoms with E-state index in [1.807, 2.05) is 13.8 Å². The number of ether oxygens (including phenoxy) is 6. The van der Waals surface area contributed by atoms with Crippen LogP contribution in [-0.2, 0) is 28.4 Å². The second-order valence-corrected chi connectivity index (χ2v) is 8.76. The maximum atomic E-state index is 5.72. The molecule has 0 aliphatic carbocycles. The molecule has 27 heavy (non-hydrogen) atoms. The maximum Gasteiger partial charge on any atom is 0.102 e. The number of thiol groups is 2. The Bertz CT molecular complexity index is 292. The van der Waals surface area contributed by atoms with Gasteiger partial charge in [-0.1, -0.05) is 0 Å². The molecule has 0 aromatic rings. The van der Waals surface area contributed by atoms with Crippen LogP contribution in [0.15, 0.2) is 0 Å². The van der Waals surface area contributed by atoms with Gasteiger partial charge in [0.1, 0.15) is 10.9 Å². The average Bonchev–Trinajstić information content (AvgIpc) is 2.66. The summed E-state index contributed by atoms with van der Waals surface area (Å²) in [5.41, 5.74) is 0.203. The number of hydrogen-bond acceptors (Lipinski definition) is 10. The van der Waals surface area contributed by atoms with Crippen LogP contribution in [0.25, 0.3) is 0 Å². The SMILES string of the molecule is CC(OCCOC(C)SCOCCOCCS)SCCOCCOCCS. The Morgan fingerprint density at radius 3 is 1.63 bits per heavy atom. The molecule has 0 heterocycles. The van der Waals surface area contributed by atoms with Crippen molar-refractivity contribution in [2.75, 3.05) is 82.7 Å². The highest BCUT2D eigenvalue weighted by molar-refractivity contribution is 7.99. The molecule has 0 saturated heterocycles.